The Hall–Kier alpha value is -1.68. The van der Waals surface area contributed by atoms with Crippen LogP contribution in [0, 0.1) is 0 Å². The van der Waals surface area contributed by atoms with E-state index < -0.39 is 41.6 Å². The fourth-order valence-electron chi connectivity index (χ4n) is 3.06. The van der Waals surface area contributed by atoms with E-state index in [0.717, 1.165) is 17.3 Å². The Labute approximate surface area is 174 Å². The molecule has 2 heterocycles. The number of amides is 1. The Balaban J connectivity index is 1.69. The van der Waals surface area contributed by atoms with Crippen molar-refractivity contribution in [3.8, 4) is 0 Å². The van der Waals surface area contributed by atoms with Gasteiger partial charge in [0.15, 0.2) is 11.3 Å². The van der Waals surface area contributed by atoms with E-state index in [0.29, 0.717) is 5.17 Å². The summed E-state index contributed by atoms with van der Waals surface area (Å²) in [7, 11) is 1.53. The highest BCUT2D eigenvalue weighted by molar-refractivity contribution is 8.14. The predicted octanol–water partition coefficient (Wildman–Crippen LogP) is 2.97. The molecule has 0 radical (unpaired) electrons. The van der Waals surface area contributed by atoms with Gasteiger partial charge in [0.05, 0.1) is 13.2 Å². The summed E-state index contributed by atoms with van der Waals surface area (Å²) >= 11 is 1.14. The fourth-order valence-corrected chi connectivity index (χ4v) is 4.23. The average molecular weight is 427 g/mol. The SMILES string of the molecule is CN(C(=O)OC(C)(C)C)C1=N[C@@H]2[C@@H](F)[C@H](OCc3ccccc3)[C@@H](CO)O[C@@H]2S1. The van der Waals surface area contributed by atoms with Crippen molar-refractivity contribution in [3.63, 3.8) is 0 Å². The van der Waals surface area contributed by atoms with E-state index in [2.05, 4.69) is 4.99 Å². The highest BCUT2D eigenvalue weighted by Crippen LogP contribution is 2.39. The van der Waals surface area contributed by atoms with E-state index in [1.165, 1.54) is 11.9 Å². The first-order chi connectivity index (χ1) is 13.7. The molecule has 3 rings (SSSR count). The quantitative estimate of drug-likeness (QED) is 0.797. The smallest absolute Gasteiger partial charge is 0.416 e. The number of hydrogen-bond acceptors (Lipinski definition) is 7. The summed E-state index contributed by atoms with van der Waals surface area (Å²) in [6, 6.07) is 8.57. The summed E-state index contributed by atoms with van der Waals surface area (Å²) in [6.45, 7) is 5.13. The Kier molecular flexibility index (Phi) is 6.83. The lowest BCUT2D eigenvalue weighted by atomic mass is 9.99. The Bertz CT molecular complexity index is 742. The molecule has 1 amide bonds. The topological polar surface area (TPSA) is 80.6 Å². The zero-order valence-corrected chi connectivity index (χ0v) is 17.8. The second kappa shape index (κ2) is 8.99. The van der Waals surface area contributed by atoms with E-state index in [-0.39, 0.29) is 13.2 Å². The summed E-state index contributed by atoms with van der Waals surface area (Å²) in [4.78, 5) is 17.9. The van der Waals surface area contributed by atoms with Crippen LogP contribution in [0.4, 0.5) is 9.18 Å². The molecule has 0 aliphatic carbocycles. The third-order valence-electron chi connectivity index (χ3n) is 4.49. The third kappa shape index (κ3) is 5.28. The largest absolute Gasteiger partial charge is 0.443 e. The molecule has 0 saturated carbocycles. The molecule has 1 aromatic rings. The predicted molar refractivity (Wildman–Crippen MR) is 108 cm³/mol. The lowest BCUT2D eigenvalue weighted by Gasteiger charge is -2.38. The number of alkyl halides is 1. The van der Waals surface area contributed by atoms with Gasteiger partial charge >= 0.3 is 6.09 Å². The molecule has 9 heteroatoms. The minimum absolute atomic E-state index is 0.199. The van der Waals surface area contributed by atoms with Crippen LogP contribution in [-0.4, -0.2) is 70.4 Å². The summed E-state index contributed by atoms with van der Waals surface area (Å²) < 4.78 is 32.2. The number of halogens is 1. The highest BCUT2D eigenvalue weighted by atomic mass is 32.2. The van der Waals surface area contributed by atoms with Gasteiger partial charge in [-0.05, 0) is 26.3 Å². The number of carbonyl (C=O) groups is 1. The second-order valence-corrected chi connectivity index (χ2v) is 9.06. The van der Waals surface area contributed by atoms with Crippen molar-refractivity contribution in [2.24, 2.45) is 4.99 Å². The number of carbonyl (C=O) groups excluding carboxylic acids is 1. The van der Waals surface area contributed by atoms with E-state index in [1.54, 1.807) is 20.8 Å². The van der Waals surface area contributed by atoms with Crippen LogP contribution in [0.3, 0.4) is 0 Å². The Morgan fingerprint density at radius 2 is 2.03 bits per heavy atom. The standard InChI is InChI=1S/C20H27FN2O5S/c1-20(2,3)28-19(25)23(4)18-22-15-14(21)16(13(10-24)27-17(15)29-18)26-11-12-8-6-5-7-9-12/h5-9,13-17,24H,10-11H2,1-4H3/t13-,14-,15-,16-,17-/m1/s1. The van der Waals surface area contributed by atoms with Crippen molar-refractivity contribution in [1.82, 2.24) is 4.90 Å². The maximum Gasteiger partial charge on any atom is 0.416 e. The summed E-state index contributed by atoms with van der Waals surface area (Å²) in [5.41, 5.74) is -0.397. The van der Waals surface area contributed by atoms with E-state index in [9.17, 15) is 9.90 Å². The monoisotopic (exact) mass is 426 g/mol. The number of ether oxygens (including phenoxy) is 3. The molecule has 0 spiro atoms. The van der Waals surface area contributed by atoms with Crippen LogP contribution in [0.2, 0.25) is 0 Å². The molecule has 2 aliphatic heterocycles. The molecule has 0 aromatic heterocycles. The lowest BCUT2D eigenvalue weighted by Crippen LogP contribution is -2.55. The van der Waals surface area contributed by atoms with Crippen molar-refractivity contribution in [2.75, 3.05) is 13.7 Å². The number of nitrogens with zero attached hydrogens (tertiary/aromatic N) is 2. The van der Waals surface area contributed by atoms with Crippen molar-refractivity contribution in [1.29, 1.82) is 0 Å². The molecular formula is C20H27FN2O5S. The normalized spacial score (nSPS) is 29.2. The molecule has 29 heavy (non-hydrogen) atoms. The summed E-state index contributed by atoms with van der Waals surface area (Å²) in [5.74, 6) is 0. The third-order valence-corrected chi connectivity index (χ3v) is 5.71. The number of aliphatic hydroxyl groups excluding tert-OH is 1. The van der Waals surface area contributed by atoms with Crippen molar-refractivity contribution in [2.45, 2.75) is 62.8 Å². The van der Waals surface area contributed by atoms with Gasteiger partial charge in [-0.25, -0.2) is 9.18 Å². The number of amidine groups is 1. The average Bonchev–Trinajstić information content (AvgIpc) is 3.10. The highest BCUT2D eigenvalue weighted by Gasteiger charge is 2.51. The molecule has 1 N–H and O–H groups in total. The molecule has 5 atom stereocenters. The molecule has 7 nitrogen and oxygen atoms in total. The maximum absolute atomic E-state index is 15.3. The number of thioether (sulfide) groups is 1. The van der Waals surface area contributed by atoms with Gasteiger partial charge in [0.2, 0.25) is 0 Å². The van der Waals surface area contributed by atoms with E-state index >= 15 is 4.39 Å². The van der Waals surface area contributed by atoms with Crippen molar-refractivity contribution >= 4 is 23.0 Å². The molecular weight excluding hydrogens is 399 g/mol. The first kappa shape index (κ1) is 22.0. The van der Waals surface area contributed by atoms with Gasteiger partial charge in [-0.3, -0.25) is 9.89 Å². The van der Waals surface area contributed by atoms with Gasteiger partial charge in [0.1, 0.15) is 29.3 Å². The molecule has 0 unspecified atom stereocenters. The number of fused-ring (bicyclic) bond motifs is 1. The van der Waals surface area contributed by atoms with Crippen molar-refractivity contribution < 1.29 is 28.5 Å². The van der Waals surface area contributed by atoms with Crippen molar-refractivity contribution in [3.05, 3.63) is 35.9 Å². The van der Waals surface area contributed by atoms with Crippen LogP contribution in [0.15, 0.2) is 35.3 Å². The van der Waals surface area contributed by atoms with Gasteiger partial charge in [-0.2, -0.15) is 0 Å². The van der Waals surface area contributed by atoms with Gasteiger partial charge < -0.3 is 19.3 Å². The van der Waals surface area contributed by atoms with Gasteiger partial charge in [-0.1, -0.05) is 42.1 Å². The summed E-state index contributed by atoms with van der Waals surface area (Å²) in [6.07, 6.45) is -3.83. The Morgan fingerprint density at radius 3 is 2.66 bits per heavy atom. The molecule has 1 fully saturated rings. The lowest BCUT2D eigenvalue weighted by molar-refractivity contribution is -0.171. The second-order valence-electron chi connectivity index (χ2n) is 7.99. The minimum Gasteiger partial charge on any atom is -0.443 e. The van der Waals surface area contributed by atoms with Crippen LogP contribution in [0.5, 0.6) is 0 Å². The fraction of sp³-hybridized carbons (Fsp3) is 0.600. The van der Waals surface area contributed by atoms with Crippen LogP contribution in [0.25, 0.3) is 0 Å². The molecule has 1 saturated heterocycles. The zero-order chi connectivity index (χ0) is 21.2. The van der Waals surface area contributed by atoms with Crippen LogP contribution < -0.4 is 0 Å². The zero-order valence-electron chi connectivity index (χ0n) is 16.9. The number of hydrogen-bond donors (Lipinski definition) is 1. The first-order valence-corrected chi connectivity index (χ1v) is 10.3. The Morgan fingerprint density at radius 1 is 1.34 bits per heavy atom. The van der Waals surface area contributed by atoms with E-state index in [1.807, 2.05) is 30.3 Å². The summed E-state index contributed by atoms with van der Waals surface area (Å²) in [5, 5.41) is 10.0. The van der Waals surface area contributed by atoms with Crippen LogP contribution in [-0.2, 0) is 20.8 Å². The first-order valence-electron chi connectivity index (χ1n) is 9.46. The van der Waals surface area contributed by atoms with Gasteiger partial charge in [0.25, 0.3) is 0 Å². The molecule has 2 aliphatic rings. The number of rotatable bonds is 4. The van der Waals surface area contributed by atoms with Gasteiger partial charge in [-0.15, -0.1) is 0 Å². The molecule has 0 bridgehead atoms. The molecule has 160 valence electrons. The van der Waals surface area contributed by atoms with Crippen LogP contribution >= 0.6 is 11.8 Å². The number of aliphatic imine (C=N–C) groups is 1. The van der Waals surface area contributed by atoms with Gasteiger partial charge in [0, 0.05) is 7.05 Å². The minimum atomic E-state index is -1.48. The number of benzene rings is 1. The van der Waals surface area contributed by atoms with E-state index in [4.69, 9.17) is 14.2 Å². The molecule has 1 aromatic carbocycles. The maximum atomic E-state index is 15.3. The van der Waals surface area contributed by atoms with Crippen LogP contribution in [0.1, 0.15) is 26.3 Å². The number of aliphatic hydroxyl groups is 1.